The van der Waals surface area contributed by atoms with E-state index in [4.69, 9.17) is 5.11 Å². The zero-order chi connectivity index (χ0) is 9.00. The number of hydrogen-bond acceptors (Lipinski definition) is 1. The Kier molecular flexibility index (Phi) is 1.38. The van der Waals surface area contributed by atoms with E-state index in [0.29, 0.717) is 11.8 Å². The first kappa shape index (κ1) is 7.60. The van der Waals surface area contributed by atoms with Crippen molar-refractivity contribution in [3.8, 4) is 0 Å². The van der Waals surface area contributed by atoms with Gasteiger partial charge in [0.15, 0.2) is 0 Å². The number of carboxylic acid groups (broad SMARTS) is 1. The van der Waals surface area contributed by atoms with Crippen molar-refractivity contribution in [3.05, 3.63) is 11.6 Å². The number of carbonyl (C=O) groups is 1. The van der Waals surface area contributed by atoms with Crippen LogP contribution in [0.1, 0.15) is 25.7 Å². The molecule has 0 aromatic carbocycles. The van der Waals surface area contributed by atoms with Crippen molar-refractivity contribution in [2.75, 3.05) is 0 Å². The summed E-state index contributed by atoms with van der Waals surface area (Å²) in [6.07, 6.45) is 7.06. The molecule has 2 saturated carbocycles. The monoisotopic (exact) mass is 178 g/mol. The fraction of sp³-hybridized carbons (Fsp3) is 0.727. The molecule has 2 fully saturated rings. The molecule has 0 aromatic heterocycles. The second-order valence-corrected chi connectivity index (χ2v) is 4.77. The molecule has 0 amide bonds. The van der Waals surface area contributed by atoms with Crippen LogP contribution >= 0.6 is 0 Å². The Hall–Kier alpha value is -0.790. The van der Waals surface area contributed by atoms with Crippen molar-refractivity contribution >= 4 is 5.97 Å². The van der Waals surface area contributed by atoms with Crippen molar-refractivity contribution in [2.45, 2.75) is 25.7 Å². The van der Waals surface area contributed by atoms with E-state index in [-0.39, 0.29) is 0 Å². The van der Waals surface area contributed by atoms with E-state index < -0.39 is 5.97 Å². The van der Waals surface area contributed by atoms with Crippen LogP contribution in [0, 0.1) is 23.7 Å². The van der Waals surface area contributed by atoms with Gasteiger partial charge < -0.3 is 5.11 Å². The van der Waals surface area contributed by atoms with Gasteiger partial charge in [-0.1, -0.05) is 6.08 Å². The van der Waals surface area contributed by atoms with E-state index >= 15 is 0 Å². The molecule has 4 rings (SSSR count). The molecule has 13 heavy (non-hydrogen) atoms. The first-order valence-corrected chi connectivity index (χ1v) is 5.20. The van der Waals surface area contributed by atoms with E-state index in [1.807, 2.05) is 0 Å². The Labute approximate surface area is 77.6 Å². The van der Waals surface area contributed by atoms with E-state index in [0.717, 1.165) is 30.3 Å². The normalized spacial score (nSPS) is 46.3. The second-order valence-electron chi connectivity index (χ2n) is 4.77. The molecular weight excluding hydrogens is 164 g/mol. The Morgan fingerprint density at radius 3 is 2.38 bits per heavy atom. The first-order chi connectivity index (χ1) is 6.25. The molecule has 70 valence electrons. The van der Waals surface area contributed by atoms with Gasteiger partial charge in [0.25, 0.3) is 0 Å². The minimum absolute atomic E-state index is 0.389. The number of aliphatic carboxylic acids is 1. The van der Waals surface area contributed by atoms with E-state index in [1.165, 1.54) is 12.8 Å². The standard InChI is InChI=1S/C11H14O2/c12-11(13)10-5-9-6-1-2-7(9)4-8(10)3-6/h5-9H,1-4H2,(H,12,13). The van der Waals surface area contributed by atoms with Crippen LogP contribution in [-0.4, -0.2) is 11.1 Å². The summed E-state index contributed by atoms with van der Waals surface area (Å²) in [5.41, 5.74) is 0.722. The van der Waals surface area contributed by atoms with Crippen LogP contribution in [0.25, 0.3) is 0 Å². The van der Waals surface area contributed by atoms with E-state index in [1.54, 1.807) is 0 Å². The predicted molar refractivity (Wildman–Crippen MR) is 48.1 cm³/mol. The highest BCUT2D eigenvalue weighted by Gasteiger charge is 2.47. The highest BCUT2D eigenvalue weighted by molar-refractivity contribution is 5.87. The zero-order valence-electron chi connectivity index (χ0n) is 7.57. The Balaban J connectivity index is 2.00. The molecule has 2 unspecified atom stereocenters. The third kappa shape index (κ3) is 0.917. The van der Waals surface area contributed by atoms with Crippen LogP contribution in [0.3, 0.4) is 0 Å². The molecule has 0 aliphatic heterocycles. The van der Waals surface area contributed by atoms with Gasteiger partial charge in [-0.2, -0.15) is 0 Å². The lowest BCUT2D eigenvalue weighted by Crippen LogP contribution is -2.33. The summed E-state index contributed by atoms with van der Waals surface area (Å²) in [4.78, 5) is 10.9. The molecule has 4 aliphatic rings. The average Bonchev–Trinajstić information content (AvgIpc) is 2.40. The maximum atomic E-state index is 10.9. The molecule has 2 atom stereocenters. The lowest BCUT2D eigenvalue weighted by Gasteiger charge is -2.39. The third-order valence-electron chi connectivity index (χ3n) is 4.23. The molecule has 0 saturated heterocycles. The lowest BCUT2D eigenvalue weighted by molar-refractivity contribution is -0.133. The van der Waals surface area contributed by atoms with Gasteiger partial charge in [-0.3, -0.25) is 0 Å². The summed E-state index contributed by atoms with van der Waals surface area (Å²) in [5.74, 6) is 1.99. The van der Waals surface area contributed by atoms with Crippen molar-refractivity contribution in [1.29, 1.82) is 0 Å². The predicted octanol–water partition coefficient (Wildman–Crippen LogP) is 2.06. The van der Waals surface area contributed by atoms with Crippen molar-refractivity contribution in [2.24, 2.45) is 23.7 Å². The highest BCUT2D eigenvalue weighted by atomic mass is 16.4. The highest BCUT2D eigenvalue weighted by Crippen LogP contribution is 2.55. The molecule has 2 nitrogen and oxygen atoms in total. The summed E-state index contributed by atoms with van der Waals surface area (Å²) in [7, 11) is 0. The average molecular weight is 178 g/mol. The van der Waals surface area contributed by atoms with Gasteiger partial charge in [-0.05, 0) is 49.4 Å². The van der Waals surface area contributed by atoms with E-state index in [9.17, 15) is 4.79 Å². The Bertz CT molecular complexity index is 278. The van der Waals surface area contributed by atoms with Gasteiger partial charge in [0.2, 0.25) is 0 Å². The van der Waals surface area contributed by atoms with Crippen LogP contribution in [0.5, 0.6) is 0 Å². The Morgan fingerprint density at radius 1 is 1.31 bits per heavy atom. The van der Waals surface area contributed by atoms with E-state index in [2.05, 4.69) is 6.08 Å². The van der Waals surface area contributed by atoms with Crippen LogP contribution in [-0.2, 0) is 4.79 Å². The van der Waals surface area contributed by atoms with Crippen molar-refractivity contribution < 1.29 is 9.90 Å². The molecule has 0 radical (unpaired) electrons. The smallest absolute Gasteiger partial charge is 0.331 e. The lowest BCUT2D eigenvalue weighted by atomic mass is 9.65. The fourth-order valence-electron chi connectivity index (χ4n) is 3.69. The number of carboxylic acids is 1. The molecule has 0 aromatic rings. The first-order valence-electron chi connectivity index (χ1n) is 5.20. The minimum atomic E-state index is -0.672. The summed E-state index contributed by atoms with van der Waals surface area (Å²) in [5, 5.41) is 8.98. The summed E-state index contributed by atoms with van der Waals surface area (Å²) in [6.45, 7) is 0. The largest absolute Gasteiger partial charge is 0.478 e. The van der Waals surface area contributed by atoms with Crippen molar-refractivity contribution in [3.63, 3.8) is 0 Å². The molecule has 4 bridgehead atoms. The summed E-state index contributed by atoms with van der Waals surface area (Å²) in [6, 6.07) is 0. The van der Waals surface area contributed by atoms with Crippen LogP contribution in [0.4, 0.5) is 0 Å². The molecule has 0 heterocycles. The van der Waals surface area contributed by atoms with Crippen LogP contribution in [0.2, 0.25) is 0 Å². The number of allylic oxidation sites excluding steroid dienone is 1. The molecular formula is C11H14O2. The maximum absolute atomic E-state index is 10.9. The van der Waals surface area contributed by atoms with Gasteiger partial charge >= 0.3 is 5.97 Å². The number of hydrogen-bond donors (Lipinski definition) is 1. The topological polar surface area (TPSA) is 37.3 Å². The minimum Gasteiger partial charge on any atom is -0.478 e. The molecule has 1 N–H and O–H groups in total. The van der Waals surface area contributed by atoms with Gasteiger partial charge in [-0.25, -0.2) is 4.79 Å². The van der Waals surface area contributed by atoms with Crippen LogP contribution in [0.15, 0.2) is 11.6 Å². The van der Waals surface area contributed by atoms with Crippen molar-refractivity contribution in [1.82, 2.24) is 0 Å². The van der Waals surface area contributed by atoms with Gasteiger partial charge in [-0.15, -0.1) is 0 Å². The zero-order valence-corrected chi connectivity index (χ0v) is 7.57. The Morgan fingerprint density at radius 2 is 1.92 bits per heavy atom. The molecule has 4 aliphatic carbocycles. The molecule has 0 spiro atoms. The quantitative estimate of drug-likeness (QED) is 0.667. The van der Waals surface area contributed by atoms with Gasteiger partial charge in [0, 0.05) is 5.57 Å². The summed E-state index contributed by atoms with van der Waals surface area (Å²) >= 11 is 0. The van der Waals surface area contributed by atoms with Crippen LogP contribution < -0.4 is 0 Å². The molecule has 2 heteroatoms. The third-order valence-corrected chi connectivity index (χ3v) is 4.23. The summed E-state index contributed by atoms with van der Waals surface area (Å²) < 4.78 is 0. The maximum Gasteiger partial charge on any atom is 0.331 e. The fourth-order valence-corrected chi connectivity index (χ4v) is 3.69. The second kappa shape index (κ2) is 2.37. The van der Waals surface area contributed by atoms with Gasteiger partial charge in [0.1, 0.15) is 0 Å². The number of rotatable bonds is 1. The van der Waals surface area contributed by atoms with Gasteiger partial charge in [0.05, 0.1) is 0 Å². The SMILES string of the molecule is O=C(O)C1=CC2C3CCC2CC1C3.